The number of aliphatic hydroxyl groups is 1. The summed E-state index contributed by atoms with van der Waals surface area (Å²) in [4.78, 5) is 19.6. The van der Waals surface area contributed by atoms with Crippen LogP contribution in [-0.4, -0.2) is 61.3 Å². The van der Waals surface area contributed by atoms with E-state index >= 15 is 0 Å². The van der Waals surface area contributed by atoms with Crippen molar-refractivity contribution >= 4 is 11.7 Å². The van der Waals surface area contributed by atoms with E-state index in [2.05, 4.69) is 4.98 Å². The van der Waals surface area contributed by atoms with Crippen molar-refractivity contribution in [3.8, 4) is 0 Å². The summed E-state index contributed by atoms with van der Waals surface area (Å²) in [7, 11) is 3.85. The number of rotatable bonds is 3. The Morgan fingerprint density at radius 1 is 1.58 bits per heavy atom. The molecule has 0 aliphatic carbocycles. The number of amides is 1. The predicted octanol–water partition coefficient (Wildman–Crippen LogP) is 0.0398. The first-order valence-electron chi connectivity index (χ1n) is 6.26. The summed E-state index contributed by atoms with van der Waals surface area (Å²) in [6, 6.07) is 5.74. The van der Waals surface area contributed by atoms with Gasteiger partial charge in [-0.2, -0.15) is 0 Å². The third-order valence-electron chi connectivity index (χ3n) is 3.10. The van der Waals surface area contributed by atoms with Crippen molar-refractivity contribution in [2.75, 3.05) is 45.3 Å². The first-order valence-corrected chi connectivity index (χ1v) is 6.26. The largest absolute Gasteiger partial charge is 0.387 e. The average Bonchev–Trinajstić information content (AvgIpc) is 2.46. The first kappa shape index (κ1) is 13.8. The lowest BCUT2D eigenvalue weighted by Gasteiger charge is -2.32. The van der Waals surface area contributed by atoms with Gasteiger partial charge >= 0.3 is 0 Å². The summed E-state index contributed by atoms with van der Waals surface area (Å²) in [5.74, 6) is 0.587. The van der Waals surface area contributed by atoms with E-state index in [0.29, 0.717) is 19.7 Å². The van der Waals surface area contributed by atoms with Crippen LogP contribution in [0.4, 0.5) is 5.82 Å². The Kier molecular flexibility index (Phi) is 4.34. The minimum Gasteiger partial charge on any atom is -0.387 e. The van der Waals surface area contributed by atoms with Gasteiger partial charge in [0.25, 0.3) is 0 Å². The summed E-state index contributed by atoms with van der Waals surface area (Å²) < 4.78 is 5.67. The number of aliphatic hydroxyl groups excluding tert-OH is 1. The molecule has 1 atom stereocenters. The second-order valence-electron chi connectivity index (χ2n) is 4.67. The van der Waals surface area contributed by atoms with Gasteiger partial charge in [-0.3, -0.25) is 4.79 Å². The molecule has 1 aliphatic heterocycles. The van der Waals surface area contributed by atoms with Gasteiger partial charge in [-0.25, -0.2) is 4.98 Å². The molecule has 2 rings (SSSR count). The molecule has 2 heterocycles. The number of carbonyl (C=O) groups excluding carboxylic acids is 1. The van der Waals surface area contributed by atoms with Crippen molar-refractivity contribution in [1.29, 1.82) is 0 Å². The number of pyridine rings is 1. The maximum atomic E-state index is 11.5. The van der Waals surface area contributed by atoms with E-state index in [-0.39, 0.29) is 12.0 Å². The van der Waals surface area contributed by atoms with Gasteiger partial charge in [0.15, 0.2) is 0 Å². The molecule has 0 spiro atoms. The van der Waals surface area contributed by atoms with Crippen LogP contribution >= 0.6 is 0 Å². The van der Waals surface area contributed by atoms with E-state index in [0.717, 1.165) is 11.5 Å². The molecular formula is C13H19N3O3. The normalized spacial score (nSPS) is 19.3. The molecule has 19 heavy (non-hydrogen) atoms. The number of carbonyl (C=O) groups is 1. The van der Waals surface area contributed by atoms with Crippen molar-refractivity contribution in [3.63, 3.8) is 0 Å². The third kappa shape index (κ3) is 3.21. The molecule has 104 valence electrons. The number of hydrogen-bond acceptors (Lipinski definition) is 5. The second-order valence-corrected chi connectivity index (χ2v) is 4.67. The monoisotopic (exact) mass is 265 g/mol. The minimum atomic E-state index is -0.460. The van der Waals surface area contributed by atoms with Crippen molar-refractivity contribution in [2.24, 2.45) is 0 Å². The number of morpholine rings is 1. The smallest absolute Gasteiger partial charge is 0.248 e. The summed E-state index contributed by atoms with van der Waals surface area (Å²) >= 11 is 0. The number of hydrogen-bond donors (Lipinski definition) is 1. The van der Waals surface area contributed by atoms with E-state index in [1.807, 2.05) is 37.2 Å². The van der Waals surface area contributed by atoms with Crippen molar-refractivity contribution < 1.29 is 14.6 Å². The Morgan fingerprint density at radius 2 is 2.37 bits per heavy atom. The molecule has 1 saturated heterocycles. The standard InChI is InChI=1S/C13H19N3O3/c1-15(2)12-5-3-4-10(14-12)11-8-16(6-7-19-11)13(18)9-17/h3-5,11,17H,6-9H2,1-2H3. The highest BCUT2D eigenvalue weighted by molar-refractivity contribution is 5.77. The van der Waals surface area contributed by atoms with Crippen LogP contribution in [0.5, 0.6) is 0 Å². The van der Waals surface area contributed by atoms with Crippen molar-refractivity contribution in [2.45, 2.75) is 6.10 Å². The van der Waals surface area contributed by atoms with Crippen LogP contribution < -0.4 is 4.90 Å². The molecule has 1 aliphatic rings. The van der Waals surface area contributed by atoms with Gasteiger partial charge in [-0.05, 0) is 12.1 Å². The molecule has 1 unspecified atom stereocenters. The molecule has 0 saturated carbocycles. The lowest BCUT2D eigenvalue weighted by atomic mass is 10.2. The van der Waals surface area contributed by atoms with Crippen LogP contribution in [0.1, 0.15) is 11.8 Å². The third-order valence-corrected chi connectivity index (χ3v) is 3.10. The van der Waals surface area contributed by atoms with Gasteiger partial charge < -0.3 is 19.6 Å². The zero-order chi connectivity index (χ0) is 13.8. The lowest BCUT2D eigenvalue weighted by molar-refractivity contribution is -0.142. The van der Waals surface area contributed by atoms with E-state index < -0.39 is 6.61 Å². The molecule has 1 fully saturated rings. The van der Waals surface area contributed by atoms with Crippen LogP contribution in [0, 0.1) is 0 Å². The van der Waals surface area contributed by atoms with Crippen LogP contribution in [0.25, 0.3) is 0 Å². The predicted molar refractivity (Wildman–Crippen MR) is 70.9 cm³/mol. The first-order chi connectivity index (χ1) is 9.11. The zero-order valence-corrected chi connectivity index (χ0v) is 11.2. The molecule has 0 radical (unpaired) electrons. The fourth-order valence-corrected chi connectivity index (χ4v) is 2.02. The molecule has 1 aromatic rings. The van der Waals surface area contributed by atoms with E-state index in [1.54, 1.807) is 4.90 Å². The summed E-state index contributed by atoms with van der Waals surface area (Å²) in [6.45, 7) is 0.953. The highest BCUT2D eigenvalue weighted by Crippen LogP contribution is 2.22. The second kappa shape index (κ2) is 5.99. The van der Waals surface area contributed by atoms with E-state index in [4.69, 9.17) is 9.84 Å². The fraction of sp³-hybridized carbons (Fsp3) is 0.538. The fourth-order valence-electron chi connectivity index (χ4n) is 2.02. The Morgan fingerprint density at radius 3 is 3.05 bits per heavy atom. The van der Waals surface area contributed by atoms with E-state index in [9.17, 15) is 4.79 Å². The lowest BCUT2D eigenvalue weighted by Crippen LogP contribution is -2.43. The number of anilines is 1. The Labute approximate surface area is 112 Å². The van der Waals surface area contributed by atoms with Crippen LogP contribution in [0.15, 0.2) is 18.2 Å². The molecule has 0 bridgehead atoms. The quantitative estimate of drug-likeness (QED) is 0.836. The summed E-state index contributed by atoms with van der Waals surface area (Å²) in [5.41, 5.74) is 0.807. The minimum absolute atomic E-state index is 0.232. The van der Waals surface area contributed by atoms with Gasteiger partial charge in [0.05, 0.1) is 18.8 Å². The maximum absolute atomic E-state index is 11.5. The average molecular weight is 265 g/mol. The van der Waals surface area contributed by atoms with E-state index in [1.165, 1.54) is 0 Å². The van der Waals surface area contributed by atoms with Crippen molar-refractivity contribution in [3.05, 3.63) is 23.9 Å². The van der Waals surface area contributed by atoms with Crippen LogP contribution in [0.3, 0.4) is 0 Å². The molecule has 1 amide bonds. The Balaban J connectivity index is 2.13. The van der Waals surface area contributed by atoms with Gasteiger partial charge in [0.1, 0.15) is 18.5 Å². The number of ether oxygens (including phenoxy) is 1. The van der Waals surface area contributed by atoms with Gasteiger partial charge in [-0.1, -0.05) is 6.07 Å². The Hall–Kier alpha value is -1.66. The molecule has 1 aromatic heterocycles. The van der Waals surface area contributed by atoms with Gasteiger partial charge in [0, 0.05) is 20.6 Å². The highest BCUT2D eigenvalue weighted by atomic mass is 16.5. The zero-order valence-electron chi connectivity index (χ0n) is 11.2. The Bertz CT molecular complexity index is 451. The number of aromatic nitrogens is 1. The molecule has 6 heteroatoms. The van der Waals surface area contributed by atoms with Gasteiger partial charge in [-0.15, -0.1) is 0 Å². The molecule has 6 nitrogen and oxygen atoms in total. The van der Waals surface area contributed by atoms with Crippen LogP contribution in [0.2, 0.25) is 0 Å². The van der Waals surface area contributed by atoms with Crippen molar-refractivity contribution in [1.82, 2.24) is 9.88 Å². The SMILES string of the molecule is CN(C)c1cccc(C2CN(C(=O)CO)CCO2)n1. The molecule has 0 aromatic carbocycles. The number of nitrogens with zero attached hydrogens (tertiary/aromatic N) is 3. The summed E-state index contributed by atoms with van der Waals surface area (Å²) in [6.07, 6.45) is -0.232. The molecular weight excluding hydrogens is 246 g/mol. The summed E-state index contributed by atoms with van der Waals surface area (Å²) in [5, 5.41) is 8.91. The maximum Gasteiger partial charge on any atom is 0.248 e. The van der Waals surface area contributed by atoms with Crippen LogP contribution in [-0.2, 0) is 9.53 Å². The topological polar surface area (TPSA) is 65.9 Å². The highest BCUT2D eigenvalue weighted by Gasteiger charge is 2.25. The molecule has 1 N–H and O–H groups in total. The van der Waals surface area contributed by atoms with Gasteiger partial charge in [0.2, 0.25) is 5.91 Å².